The normalized spacial score (nSPS) is 21.3. The van der Waals surface area contributed by atoms with E-state index in [1.54, 1.807) is 18.2 Å². The Kier molecular flexibility index (Phi) is 5.37. The molecule has 0 fully saturated rings. The molecule has 29 heavy (non-hydrogen) atoms. The summed E-state index contributed by atoms with van der Waals surface area (Å²) in [6, 6.07) is 23.4. The summed E-state index contributed by atoms with van der Waals surface area (Å²) in [6.07, 6.45) is 3.45. The molecule has 0 bridgehead atoms. The molecule has 2 atom stereocenters. The quantitative estimate of drug-likeness (QED) is 0.389. The smallest absolute Gasteiger partial charge is 0.158 e. The number of methoxy groups -OCH3 is 1. The van der Waals surface area contributed by atoms with Crippen molar-refractivity contribution in [2.24, 2.45) is 0 Å². The van der Waals surface area contributed by atoms with Gasteiger partial charge in [-0.05, 0) is 28.8 Å². The Balaban J connectivity index is 2.13. The Hall–Kier alpha value is -2.72. The SMILES string of the molecule is COC1=C(F)[C@](c2ccccc2)(c2cccc(F)c2-c2ccccc2)C(Br)C=C1. The minimum absolute atomic E-state index is 0.132. The van der Waals surface area contributed by atoms with E-state index in [1.807, 2.05) is 66.7 Å². The molecule has 4 rings (SSSR count). The molecule has 0 radical (unpaired) electrons. The van der Waals surface area contributed by atoms with Crippen LogP contribution in [0.1, 0.15) is 11.1 Å². The maximum Gasteiger partial charge on any atom is 0.158 e. The Morgan fingerprint density at radius 1 is 0.862 bits per heavy atom. The van der Waals surface area contributed by atoms with Gasteiger partial charge in [0.25, 0.3) is 0 Å². The van der Waals surface area contributed by atoms with Crippen molar-refractivity contribution >= 4 is 15.9 Å². The van der Waals surface area contributed by atoms with Crippen LogP contribution >= 0.6 is 15.9 Å². The lowest BCUT2D eigenvalue weighted by Crippen LogP contribution is -2.40. The minimum Gasteiger partial charge on any atom is -0.494 e. The maximum absolute atomic E-state index is 16.2. The van der Waals surface area contributed by atoms with Crippen LogP contribution in [0.4, 0.5) is 8.78 Å². The van der Waals surface area contributed by atoms with Gasteiger partial charge in [0.1, 0.15) is 5.82 Å². The van der Waals surface area contributed by atoms with Crippen molar-refractivity contribution in [2.75, 3.05) is 7.11 Å². The van der Waals surface area contributed by atoms with Gasteiger partial charge in [0.15, 0.2) is 11.6 Å². The van der Waals surface area contributed by atoms with Crippen LogP contribution in [0.15, 0.2) is 103 Å². The van der Waals surface area contributed by atoms with Crippen molar-refractivity contribution < 1.29 is 13.5 Å². The molecule has 0 heterocycles. The van der Waals surface area contributed by atoms with Crippen LogP contribution in [0.25, 0.3) is 11.1 Å². The Morgan fingerprint density at radius 3 is 2.17 bits per heavy atom. The summed E-state index contributed by atoms with van der Waals surface area (Å²) >= 11 is 3.67. The maximum atomic E-state index is 16.2. The van der Waals surface area contributed by atoms with Crippen LogP contribution in [0.3, 0.4) is 0 Å². The van der Waals surface area contributed by atoms with Crippen molar-refractivity contribution in [3.63, 3.8) is 0 Å². The molecule has 3 aromatic carbocycles. The summed E-state index contributed by atoms with van der Waals surface area (Å²) in [5.74, 6) is -0.726. The second-order valence-electron chi connectivity index (χ2n) is 6.85. The van der Waals surface area contributed by atoms with E-state index < -0.39 is 21.9 Å². The first kappa shape index (κ1) is 19.6. The average Bonchev–Trinajstić information content (AvgIpc) is 2.76. The molecule has 1 aliphatic rings. The lowest BCUT2D eigenvalue weighted by atomic mass is 9.67. The van der Waals surface area contributed by atoms with Gasteiger partial charge in [0.05, 0.1) is 17.4 Å². The molecule has 0 N–H and O–H groups in total. The van der Waals surface area contributed by atoms with E-state index in [0.29, 0.717) is 22.3 Å². The highest BCUT2D eigenvalue weighted by Crippen LogP contribution is 2.52. The molecule has 4 heteroatoms. The number of hydrogen-bond acceptors (Lipinski definition) is 1. The number of alkyl halides is 1. The van der Waals surface area contributed by atoms with Gasteiger partial charge >= 0.3 is 0 Å². The Morgan fingerprint density at radius 2 is 1.52 bits per heavy atom. The van der Waals surface area contributed by atoms with Crippen LogP contribution in [-0.4, -0.2) is 11.9 Å². The van der Waals surface area contributed by atoms with Crippen LogP contribution in [0, 0.1) is 5.82 Å². The molecule has 0 spiro atoms. The first-order chi connectivity index (χ1) is 14.1. The highest BCUT2D eigenvalue weighted by Gasteiger charge is 2.49. The Bertz CT molecular complexity index is 1080. The first-order valence-electron chi connectivity index (χ1n) is 9.27. The van der Waals surface area contributed by atoms with E-state index in [0.717, 1.165) is 0 Å². The van der Waals surface area contributed by atoms with Gasteiger partial charge in [-0.15, -0.1) is 0 Å². The molecular weight excluding hydrogens is 434 g/mol. The van der Waals surface area contributed by atoms with E-state index >= 15 is 8.78 Å². The molecule has 1 aliphatic carbocycles. The zero-order valence-electron chi connectivity index (χ0n) is 15.8. The number of rotatable bonds is 4. The second kappa shape index (κ2) is 7.96. The fourth-order valence-electron chi connectivity index (χ4n) is 4.02. The van der Waals surface area contributed by atoms with Gasteiger partial charge in [-0.2, -0.15) is 0 Å². The zero-order chi connectivity index (χ0) is 20.4. The summed E-state index contributed by atoms with van der Waals surface area (Å²) in [6.45, 7) is 0. The third-order valence-electron chi connectivity index (χ3n) is 5.34. The third kappa shape index (κ3) is 3.12. The molecule has 0 aromatic heterocycles. The number of ether oxygens (including phenoxy) is 1. The standard InChI is InChI=1S/C25H19BrF2O/c1-29-21-15-16-22(26)25(24(21)28,18-11-6-3-7-12-18)19-13-8-14-20(27)23(19)17-9-4-2-5-10-17/h2-16,22H,1H3/t22?,25-/m1/s1. The summed E-state index contributed by atoms with van der Waals surface area (Å²) in [4.78, 5) is -0.444. The van der Waals surface area contributed by atoms with Crippen LogP contribution < -0.4 is 0 Å². The fourth-order valence-corrected chi connectivity index (χ4v) is 4.89. The van der Waals surface area contributed by atoms with Crippen molar-refractivity contribution in [3.8, 4) is 11.1 Å². The second-order valence-corrected chi connectivity index (χ2v) is 7.83. The van der Waals surface area contributed by atoms with Gasteiger partial charge in [0.2, 0.25) is 0 Å². The molecule has 0 amide bonds. The predicted octanol–water partition coefficient (Wildman–Crippen LogP) is 6.94. The van der Waals surface area contributed by atoms with Crippen molar-refractivity contribution in [1.82, 2.24) is 0 Å². The molecule has 146 valence electrons. The fraction of sp³-hybridized carbons (Fsp3) is 0.120. The van der Waals surface area contributed by atoms with Gasteiger partial charge in [0, 0.05) is 5.56 Å². The lowest BCUT2D eigenvalue weighted by molar-refractivity contribution is 0.271. The lowest BCUT2D eigenvalue weighted by Gasteiger charge is -2.40. The van der Waals surface area contributed by atoms with Crippen LogP contribution in [0.5, 0.6) is 0 Å². The van der Waals surface area contributed by atoms with Crippen molar-refractivity contribution in [3.05, 3.63) is 120 Å². The summed E-state index contributed by atoms with van der Waals surface area (Å²) in [7, 11) is 1.44. The molecule has 3 aromatic rings. The zero-order valence-corrected chi connectivity index (χ0v) is 17.4. The highest BCUT2D eigenvalue weighted by atomic mass is 79.9. The number of hydrogen-bond donors (Lipinski definition) is 0. The number of benzene rings is 3. The molecule has 1 unspecified atom stereocenters. The minimum atomic E-state index is -1.28. The van der Waals surface area contributed by atoms with Gasteiger partial charge in [-0.1, -0.05) is 94.8 Å². The summed E-state index contributed by atoms with van der Waals surface area (Å²) < 4.78 is 36.7. The van der Waals surface area contributed by atoms with Crippen LogP contribution in [0.2, 0.25) is 0 Å². The van der Waals surface area contributed by atoms with Gasteiger partial charge in [-0.3, -0.25) is 0 Å². The van der Waals surface area contributed by atoms with E-state index in [2.05, 4.69) is 15.9 Å². The van der Waals surface area contributed by atoms with E-state index in [9.17, 15) is 0 Å². The van der Waals surface area contributed by atoms with E-state index in [-0.39, 0.29) is 5.76 Å². The van der Waals surface area contributed by atoms with Crippen molar-refractivity contribution in [1.29, 1.82) is 0 Å². The number of halogens is 3. The number of allylic oxidation sites excluding steroid dienone is 3. The molecule has 0 saturated heterocycles. The Labute approximate surface area is 177 Å². The van der Waals surface area contributed by atoms with Gasteiger partial charge in [-0.25, -0.2) is 8.78 Å². The third-order valence-corrected chi connectivity index (χ3v) is 6.33. The molecule has 1 nitrogen and oxygen atoms in total. The monoisotopic (exact) mass is 452 g/mol. The van der Waals surface area contributed by atoms with E-state index in [1.165, 1.54) is 13.2 Å². The summed E-state index contributed by atoms with van der Waals surface area (Å²) in [5, 5.41) is 0. The largest absolute Gasteiger partial charge is 0.494 e. The summed E-state index contributed by atoms with van der Waals surface area (Å²) in [5.41, 5.74) is 1.03. The first-order valence-corrected chi connectivity index (χ1v) is 10.2. The highest BCUT2D eigenvalue weighted by molar-refractivity contribution is 9.09. The predicted molar refractivity (Wildman–Crippen MR) is 116 cm³/mol. The molecule has 0 aliphatic heterocycles. The van der Waals surface area contributed by atoms with Crippen molar-refractivity contribution in [2.45, 2.75) is 10.2 Å². The molecule has 0 saturated carbocycles. The van der Waals surface area contributed by atoms with Crippen LogP contribution in [-0.2, 0) is 10.2 Å². The topological polar surface area (TPSA) is 9.23 Å². The van der Waals surface area contributed by atoms with Gasteiger partial charge < -0.3 is 4.74 Å². The van der Waals surface area contributed by atoms with E-state index in [4.69, 9.17) is 4.74 Å². The average molecular weight is 453 g/mol. The molecular formula is C25H19BrF2O.